The Balaban J connectivity index is 1.58. The molecule has 7 heteroatoms. The number of carbonyl (C=O) groups excluding carboxylic acids is 3. The molecule has 1 aromatic heterocycles. The maximum absolute atomic E-state index is 12.6. The van der Waals surface area contributed by atoms with Crippen LogP contribution in [0.5, 0.6) is 0 Å². The highest BCUT2D eigenvalue weighted by molar-refractivity contribution is 6.21. The van der Waals surface area contributed by atoms with Gasteiger partial charge >= 0.3 is 5.97 Å². The van der Waals surface area contributed by atoms with E-state index in [0.717, 1.165) is 5.56 Å². The Labute approximate surface area is 154 Å². The maximum atomic E-state index is 12.6. The highest BCUT2D eigenvalue weighted by Gasteiger charge is 2.39. The van der Waals surface area contributed by atoms with Crippen molar-refractivity contribution in [2.45, 2.75) is 6.42 Å². The summed E-state index contributed by atoms with van der Waals surface area (Å²) in [5.41, 5.74) is 2.26. The van der Waals surface area contributed by atoms with Gasteiger partial charge in [0.1, 0.15) is 5.56 Å². The van der Waals surface area contributed by atoms with Crippen LogP contribution >= 0.6 is 0 Å². The van der Waals surface area contributed by atoms with E-state index in [9.17, 15) is 14.4 Å². The van der Waals surface area contributed by atoms with Crippen molar-refractivity contribution in [3.63, 3.8) is 0 Å². The second-order valence-corrected chi connectivity index (χ2v) is 6.12. The fourth-order valence-electron chi connectivity index (χ4n) is 3.01. The zero-order valence-electron chi connectivity index (χ0n) is 14.5. The van der Waals surface area contributed by atoms with Crippen molar-refractivity contribution >= 4 is 17.8 Å². The number of hydrogen-bond donors (Lipinski definition) is 0. The molecule has 0 aliphatic carbocycles. The van der Waals surface area contributed by atoms with Gasteiger partial charge in [0.05, 0.1) is 23.0 Å². The summed E-state index contributed by atoms with van der Waals surface area (Å²) < 4.78 is 1.58. The van der Waals surface area contributed by atoms with Crippen LogP contribution in [0.25, 0.3) is 0 Å². The van der Waals surface area contributed by atoms with Gasteiger partial charge in [-0.25, -0.2) is 4.79 Å². The Morgan fingerprint density at radius 3 is 2.19 bits per heavy atom. The van der Waals surface area contributed by atoms with E-state index in [-0.39, 0.29) is 16.7 Å². The Kier molecular flexibility index (Phi) is 4.04. The number of imide groups is 1. The number of fused-ring (bicyclic) bond motifs is 1. The first-order chi connectivity index (χ1) is 13.1. The van der Waals surface area contributed by atoms with Crippen LogP contribution < -0.4 is 0 Å². The van der Waals surface area contributed by atoms with Crippen molar-refractivity contribution in [3.8, 4) is 0 Å². The lowest BCUT2D eigenvalue weighted by Crippen LogP contribution is -2.32. The summed E-state index contributed by atoms with van der Waals surface area (Å²) in [7, 11) is 1.72. The van der Waals surface area contributed by atoms with E-state index >= 15 is 0 Å². The third-order valence-corrected chi connectivity index (χ3v) is 4.43. The van der Waals surface area contributed by atoms with Crippen molar-refractivity contribution in [1.82, 2.24) is 14.8 Å². The molecule has 1 aliphatic heterocycles. The molecule has 7 nitrogen and oxygen atoms in total. The largest absolute Gasteiger partial charge is 0.367 e. The predicted molar refractivity (Wildman–Crippen MR) is 94.8 cm³/mol. The summed E-state index contributed by atoms with van der Waals surface area (Å²) in [5, 5.41) is 4.62. The second kappa shape index (κ2) is 6.53. The number of nitrogens with zero attached hydrogens (tertiary/aromatic N) is 3. The van der Waals surface area contributed by atoms with Gasteiger partial charge in [-0.15, -0.1) is 0 Å². The average molecular weight is 361 g/mol. The number of aromatic nitrogens is 2. The standard InChI is InChI=1S/C20H15N3O4/c1-22-17(11-13-7-3-2-4-8-13)16(12-21-22)20(26)27-23-18(24)14-9-5-6-10-15(14)19(23)25/h2-10,12H,11H2,1H3. The smallest absolute Gasteiger partial charge is 0.324 e. The predicted octanol–water partition coefficient (Wildman–Crippen LogP) is 2.38. The molecule has 0 radical (unpaired) electrons. The third kappa shape index (κ3) is 2.89. The lowest BCUT2D eigenvalue weighted by atomic mass is 10.1. The van der Waals surface area contributed by atoms with Crippen LogP contribution in [0.3, 0.4) is 0 Å². The topological polar surface area (TPSA) is 81.5 Å². The molecule has 0 saturated carbocycles. The molecule has 2 heterocycles. The SMILES string of the molecule is Cn1ncc(C(=O)ON2C(=O)c3ccccc3C2=O)c1Cc1ccccc1. The molecule has 4 rings (SSSR count). The third-order valence-electron chi connectivity index (χ3n) is 4.43. The van der Waals surface area contributed by atoms with Gasteiger partial charge in [0.15, 0.2) is 0 Å². The van der Waals surface area contributed by atoms with Gasteiger partial charge in [0.2, 0.25) is 0 Å². The first-order valence-electron chi connectivity index (χ1n) is 8.31. The fraction of sp³-hybridized carbons (Fsp3) is 0.100. The monoisotopic (exact) mass is 361 g/mol. The van der Waals surface area contributed by atoms with Crippen molar-refractivity contribution in [2.24, 2.45) is 7.05 Å². The van der Waals surface area contributed by atoms with Crippen molar-refractivity contribution in [2.75, 3.05) is 0 Å². The molecule has 134 valence electrons. The Bertz CT molecular complexity index is 1020. The molecular formula is C20H15N3O4. The second-order valence-electron chi connectivity index (χ2n) is 6.12. The summed E-state index contributed by atoms with van der Waals surface area (Å²) in [5.74, 6) is -2.11. The molecule has 3 aromatic rings. The van der Waals surface area contributed by atoms with Gasteiger partial charge < -0.3 is 4.84 Å². The van der Waals surface area contributed by atoms with E-state index in [1.54, 1.807) is 23.9 Å². The first kappa shape index (κ1) is 16.7. The summed E-state index contributed by atoms with van der Waals surface area (Å²) in [6.45, 7) is 0. The zero-order chi connectivity index (χ0) is 19.0. The molecule has 0 atom stereocenters. The number of carbonyl (C=O) groups is 3. The number of rotatable bonds is 4. The van der Waals surface area contributed by atoms with Gasteiger partial charge in [0.25, 0.3) is 11.8 Å². The first-order valence-corrected chi connectivity index (χ1v) is 8.31. The van der Waals surface area contributed by atoms with Crippen LogP contribution in [0.1, 0.15) is 42.3 Å². The zero-order valence-corrected chi connectivity index (χ0v) is 14.5. The highest BCUT2D eigenvalue weighted by atomic mass is 16.7. The summed E-state index contributed by atoms with van der Waals surface area (Å²) >= 11 is 0. The van der Waals surface area contributed by atoms with E-state index in [2.05, 4.69) is 5.10 Å². The molecule has 0 saturated heterocycles. The van der Waals surface area contributed by atoms with E-state index in [1.807, 2.05) is 30.3 Å². The summed E-state index contributed by atoms with van der Waals surface area (Å²) in [4.78, 5) is 42.5. The molecule has 0 N–H and O–H groups in total. The summed E-state index contributed by atoms with van der Waals surface area (Å²) in [6, 6.07) is 15.9. The lowest BCUT2D eigenvalue weighted by Gasteiger charge is -2.13. The van der Waals surface area contributed by atoms with Crippen LogP contribution in [-0.2, 0) is 18.3 Å². The molecular weight excluding hydrogens is 346 g/mol. The van der Waals surface area contributed by atoms with E-state index in [4.69, 9.17) is 4.84 Å². The van der Waals surface area contributed by atoms with Gasteiger partial charge in [0, 0.05) is 13.5 Å². The van der Waals surface area contributed by atoms with Crippen molar-refractivity contribution < 1.29 is 19.2 Å². The van der Waals surface area contributed by atoms with Gasteiger partial charge in [-0.2, -0.15) is 5.10 Å². The molecule has 0 bridgehead atoms. The Morgan fingerprint density at radius 2 is 1.56 bits per heavy atom. The van der Waals surface area contributed by atoms with Crippen LogP contribution in [0.2, 0.25) is 0 Å². The van der Waals surface area contributed by atoms with E-state index < -0.39 is 17.8 Å². The average Bonchev–Trinajstić information content (AvgIpc) is 3.16. The minimum absolute atomic E-state index is 0.206. The van der Waals surface area contributed by atoms with E-state index in [0.29, 0.717) is 17.2 Å². The maximum Gasteiger partial charge on any atom is 0.367 e. The number of amides is 2. The normalized spacial score (nSPS) is 13.0. The lowest BCUT2D eigenvalue weighted by molar-refractivity contribution is -0.0585. The van der Waals surface area contributed by atoms with Crippen LogP contribution in [0.15, 0.2) is 60.8 Å². The Morgan fingerprint density at radius 1 is 0.963 bits per heavy atom. The van der Waals surface area contributed by atoms with Crippen LogP contribution in [-0.4, -0.2) is 32.6 Å². The molecule has 0 fully saturated rings. The Hall–Kier alpha value is -3.74. The number of aryl methyl sites for hydroxylation is 1. The minimum Gasteiger partial charge on any atom is -0.324 e. The van der Waals surface area contributed by atoms with Crippen molar-refractivity contribution in [1.29, 1.82) is 0 Å². The minimum atomic E-state index is -0.802. The van der Waals surface area contributed by atoms with E-state index in [1.165, 1.54) is 18.3 Å². The van der Waals surface area contributed by atoms with Crippen LogP contribution in [0.4, 0.5) is 0 Å². The molecule has 1 aliphatic rings. The van der Waals surface area contributed by atoms with Gasteiger partial charge in [-0.05, 0) is 17.7 Å². The van der Waals surface area contributed by atoms with Gasteiger partial charge in [-0.3, -0.25) is 14.3 Å². The highest BCUT2D eigenvalue weighted by Crippen LogP contribution is 2.24. The van der Waals surface area contributed by atoms with Crippen LogP contribution in [0, 0.1) is 0 Å². The number of hydroxylamine groups is 2. The summed E-state index contributed by atoms with van der Waals surface area (Å²) in [6.07, 6.45) is 1.84. The number of benzene rings is 2. The molecule has 2 amide bonds. The quantitative estimate of drug-likeness (QED) is 0.667. The molecule has 0 spiro atoms. The fourth-order valence-corrected chi connectivity index (χ4v) is 3.01. The molecule has 0 unspecified atom stereocenters. The molecule has 2 aromatic carbocycles. The molecule has 27 heavy (non-hydrogen) atoms. The number of hydrogen-bond acceptors (Lipinski definition) is 5. The van der Waals surface area contributed by atoms with Crippen molar-refractivity contribution in [3.05, 3.63) is 88.7 Å². The van der Waals surface area contributed by atoms with Gasteiger partial charge in [-0.1, -0.05) is 47.5 Å².